The minimum atomic E-state index is -0.897. The van der Waals surface area contributed by atoms with E-state index in [9.17, 15) is 4.79 Å². The van der Waals surface area contributed by atoms with Gasteiger partial charge in [0.2, 0.25) is 11.8 Å². The molecule has 2 aromatic rings. The maximum atomic E-state index is 11.6. The second-order valence-electron chi connectivity index (χ2n) is 4.91. The summed E-state index contributed by atoms with van der Waals surface area (Å²) in [6.45, 7) is 3.61. The van der Waals surface area contributed by atoms with Crippen LogP contribution < -0.4 is 11.1 Å². The second-order valence-corrected chi connectivity index (χ2v) is 4.91. The summed E-state index contributed by atoms with van der Waals surface area (Å²) >= 11 is 0. The van der Waals surface area contributed by atoms with Gasteiger partial charge in [0.05, 0.1) is 17.8 Å². The Kier molecular flexibility index (Phi) is 3.66. The predicted octanol–water partition coefficient (Wildman–Crippen LogP) is 1.70. The summed E-state index contributed by atoms with van der Waals surface area (Å²) in [7, 11) is 0. The largest absolute Gasteiger partial charge is 0.444 e. The quantitative estimate of drug-likeness (QED) is 0.875. The van der Waals surface area contributed by atoms with Crippen LogP contribution in [0, 0.1) is 0 Å². The zero-order chi connectivity index (χ0) is 13.9. The number of hydrogen-bond acceptors (Lipinski definition) is 4. The molecule has 0 aliphatic heterocycles. The highest BCUT2D eigenvalue weighted by molar-refractivity contribution is 5.84. The van der Waals surface area contributed by atoms with Crippen LogP contribution >= 0.6 is 0 Å². The summed E-state index contributed by atoms with van der Waals surface area (Å²) in [6.07, 6.45) is 1.53. The molecule has 0 bridgehead atoms. The van der Waals surface area contributed by atoms with Gasteiger partial charge in [-0.15, -0.1) is 0 Å². The molecule has 0 aliphatic rings. The number of amides is 1. The van der Waals surface area contributed by atoms with Crippen LogP contribution in [0.5, 0.6) is 0 Å². The van der Waals surface area contributed by atoms with E-state index in [1.165, 1.54) is 6.26 Å². The lowest BCUT2D eigenvalue weighted by molar-refractivity contribution is -0.125. The Morgan fingerprint density at radius 2 is 2.05 bits per heavy atom. The van der Waals surface area contributed by atoms with Crippen molar-refractivity contribution in [3.63, 3.8) is 0 Å². The zero-order valence-electron chi connectivity index (χ0n) is 11.0. The summed E-state index contributed by atoms with van der Waals surface area (Å²) in [4.78, 5) is 15.9. The van der Waals surface area contributed by atoms with Gasteiger partial charge in [0, 0.05) is 5.56 Å². The van der Waals surface area contributed by atoms with E-state index < -0.39 is 5.54 Å². The molecular formula is C14H17N3O2. The average Bonchev–Trinajstić information content (AvgIpc) is 2.84. The van der Waals surface area contributed by atoms with E-state index in [1.54, 1.807) is 13.8 Å². The maximum absolute atomic E-state index is 11.6. The van der Waals surface area contributed by atoms with E-state index in [2.05, 4.69) is 10.3 Å². The predicted molar refractivity (Wildman–Crippen MR) is 72.1 cm³/mol. The Hall–Kier alpha value is -2.14. The number of aromatic nitrogens is 1. The number of nitrogens with one attached hydrogen (secondary N) is 1. The Morgan fingerprint density at radius 3 is 2.68 bits per heavy atom. The summed E-state index contributed by atoms with van der Waals surface area (Å²) in [6, 6.07) is 9.58. The summed E-state index contributed by atoms with van der Waals surface area (Å²) in [5, 5.41) is 2.72. The van der Waals surface area contributed by atoms with Gasteiger partial charge < -0.3 is 15.5 Å². The van der Waals surface area contributed by atoms with Crippen molar-refractivity contribution in [2.24, 2.45) is 5.73 Å². The molecule has 0 fully saturated rings. The topological polar surface area (TPSA) is 81.2 Å². The van der Waals surface area contributed by atoms with Gasteiger partial charge in [-0.3, -0.25) is 4.79 Å². The van der Waals surface area contributed by atoms with Crippen molar-refractivity contribution in [3.8, 4) is 11.5 Å². The van der Waals surface area contributed by atoms with Gasteiger partial charge in [-0.05, 0) is 26.0 Å². The summed E-state index contributed by atoms with van der Waals surface area (Å²) in [5.41, 5.74) is 6.35. The maximum Gasteiger partial charge on any atom is 0.239 e. The van der Waals surface area contributed by atoms with Crippen molar-refractivity contribution >= 4 is 5.91 Å². The number of rotatable bonds is 4. The molecule has 5 nitrogen and oxygen atoms in total. The first-order valence-electron chi connectivity index (χ1n) is 6.04. The molecule has 0 saturated carbocycles. The van der Waals surface area contributed by atoms with Crippen LogP contribution in [0.15, 0.2) is 41.0 Å². The highest BCUT2D eigenvalue weighted by Gasteiger charge is 2.21. The smallest absolute Gasteiger partial charge is 0.239 e. The number of nitrogens with two attached hydrogens (primary N) is 1. The number of carbonyl (C=O) groups excluding carboxylic acids is 1. The Morgan fingerprint density at radius 1 is 1.37 bits per heavy atom. The van der Waals surface area contributed by atoms with Crippen molar-refractivity contribution < 1.29 is 9.21 Å². The molecule has 0 saturated heterocycles. The van der Waals surface area contributed by atoms with Crippen LogP contribution in [-0.2, 0) is 11.3 Å². The van der Waals surface area contributed by atoms with Crippen LogP contribution in [0.3, 0.4) is 0 Å². The van der Waals surface area contributed by atoms with Gasteiger partial charge in [-0.2, -0.15) is 0 Å². The van der Waals surface area contributed by atoms with Gasteiger partial charge >= 0.3 is 0 Å². The first-order chi connectivity index (χ1) is 8.97. The van der Waals surface area contributed by atoms with Gasteiger partial charge in [0.25, 0.3) is 0 Å². The Bertz CT molecular complexity index is 556. The standard InChI is InChI=1S/C14H17N3O2/c1-14(2,15)13(18)16-8-11-9-19-12(17-11)10-6-4-3-5-7-10/h3-7,9H,8,15H2,1-2H3,(H,16,18). The van der Waals surface area contributed by atoms with Crippen molar-refractivity contribution in [3.05, 3.63) is 42.3 Å². The molecule has 0 spiro atoms. The van der Waals surface area contributed by atoms with E-state index in [-0.39, 0.29) is 5.91 Å². The lowest BCUT2D eigenvalue weighted by atomic mass is 10.1. The Labute approximate surface area is 111 Å². The molecule has 3 N–H and O–H groups in total. The summed E-state index contributed by atoms with van der Waals surface area (Å²) < 4.78 is 5.37. The molecule has 5 heteroatoms. The van der Waals surface area contributed by atoms with E-state index in [0.29, 0.717) is 18.1 Å². The molecule has 0 radical (unpaired) electrons. The molecule has 0 atom stereocenters. The van der Waals surface area contributed by atoms with Crippen LogP contribution in [0.1, 0.15) is 19.5 Å². The molecule has 1 aromatic heterocycles. The fourth-order valence-electron chi connectivity index (χ4n) is 1.50. The number of carbonyl (C=O) groups is 1. The van der Waals surface area contributed by atoms with Crippen LogP contribution in [0.25, 0.3) is 11.5 Å². The van der Waals surface area contributed by atoms with Crippen LogP contribution in [-0.4, -0.2) is 16.4 Å². The van der Waals surface area contributed by atoms with Gasteiger partial charge in [0.1, 0.15) is 6.26 Å². The SMILES string of the molecule is CC(C)(N)C(=O)NCc1coc(-c2ccccc2)n1. The van der Waals surface area contributed by atoms with Crippen molar-refractivity contribution in [1.29, 1.82) is 0 Å². The number of oxazole rings is 1. The minimum absolute atomic E-state index is 0.225. The molecule has 2 rings (SSSR count). The normalized spacial score (nSPS) is 11.3. The number of hydrogen-bond donors (Lipinski definition) is 2. The van der Waals surface area contributed by atoms with E-state index in [0.717, 1.165) is 5.56 Å². The summed E-state index contributed by atoms with van der Waals surface area (Å²) in [5.74, 6) is 0.314. The lowest BCUT2D eigenvalue weighted by Gasteiger charge is -2.16. The molecular weight excluding hydrogens is 242 g/mol. The Balaban J connectivity index is 2.01. The first kappa shape index (κ1) is 13.3. The number of nitrogens with zero attached hydrogens (tertiary/aromatic N) is 1. The van der Waals surface area contributed by atoms with Crippen molar-refractivity contribution in [2.45, 2.75) is 25.9 Å². The fraction of sp³-hybridized carbons (Fsp3) is 0.286. The molecule has 19 heavy (non-hydrogen) atoms. The first-order valence-corrected chi connectivity index (χ1v) is 6.04. The second kappa shape index (κ2) is 5.24. The highest BCUT2D eigenvalue weighted by atomic mass is 16.3. The van der Waals surface area contributed by atoms with Gasteiger partial charge in [-0.25, -0.2) is 4.98 Å². The van der Waals surface area contributed by atoms with Gasteiger partial charge in [0.15, 0.2) is 0 Å². The molecule has 0 unspecified atom stereocenters. The highest BCUT2D eigenvalue weighted by Crippen LogP contribution is 2.17. The van der Waals surface area contributed by atoms with Crippen molar-refractivity contribution in [2.75, 3.05) is 0 Å². The minimum Gasteiger partial charge on any atom is -0.444 e. The van der Waals surface area contributed by atoms with Crippen molar-refractivity contribution in [1.82, 2.24) is 10.3 Å². The molecule has 1 heterocycles. The fourth-order valence-corrected chi connectivity index (χ4v) is 1.50. The van der Waals surface area contributed by atoms with Crippen LogP contribution in [0.4, 0.5) is 0 Å². The third kappa shape index (κ3) is 3.42. The zero-order valence-corrected chi connectivity index (χ0v) is 11.0. The molecule has 1 amide bonds. The van der Waals surface area contributed by atoms with Crippen LogP contribution in [0.2, 0.25) is 0 Å². The van der Waals surface area contributed by atoms with Gasteiger partial charge in [-0.1, -0.05) is 18.2 Å². The third-order valence-electron chi connectivity index (χ3n) is 2.59. The van der Waals surface area contributed by atoms with E-state index in [1.807, 2.05) is 30.3 Å². The molecule has 0 aliphatic carbocycles. The lowest BCUT2D eigenvalue weighted by Crippen LogP contribution is -2.48. The molecule has 1 aromatic carbocycles. The van der Waals surface area contributed by atoms with E-state index >= 15 is 0 Å². The number of benzene rings is 1. The average molecular weight is 259 g/mol. The van der Waals surface area contributed by atoms with E-state index in [4.69, 9.17) is 10.2 Å². The monoisotopic (exact) mass is 259 g/mol. The molecule has 100 valence electrons. The third-order valence-corrected chi connectivity index (χ3v) is 2.59.